The number of hydrazine groups is 1. The Bertz CT molecular complexity index is 196. The fourth-order valence-electron chi connectivity index (χ4n) is 3.39. The van der Waals surface area contributed by atoms with Gasteiger partial charge in [-0.25, -0.2) is 0 Å². The lowest BCUT2D eigenvalue weighted by Crippen LogP contribution is -2.49. The van der Waals surface area contributed by atoms with Crippen LogP contribution in [0.1, 0.15) is 51.9 Å². The van der Waals surface area contributed by atoms with E-state index in [9.17, 15) is 0 Å². The Morgan fingerprint density at radius 3 is 2.50 bits per heavy atom. The Morgan fingerprint density at radius 2 is 2.00 bits per heavy atom. The number of hydrogen-bond donors (Lipinski definition) is 2. The van der Waals surface area contributed by atoms with Crippen molar-refractivity contribution in [1.82, 2.24) is 5.43 Å². The summed E-state index contributed by atoms with van der Waals surface area (Å²) in [6, 6.07) is 0.389. The van der Waals surface area contributed by atoms with E-state index in [-0.39, 0.29) is 0 Å². The van der Waals surface area contributed by atoms with Crippen molar-refractivity contribution in [3.8, 4) is 0 Å². The Morgan fingerprint density at radius 1 is 1.25 bits per heavy atom. The van der Waals surface area contributed by atoms with Crippen LogP contribution >= 0.6 is 0 Å². The van der Waals surface area contributed by atoms with E-state index in [0.717, 1.165) is 18.4 Å². The lowest BCUT2D eigenvalue weighted by Gasteiger charge is -2.35. The molecule has 1 saturated heterocycles. The molecule has 0 aromatic rings. The van der Waals surface area contributed by atoms with Gasteiger partial charge in [-0.05, 0) is 37.5 Å². The highest BCUT2D eigenvalue weighted by atomic mass is 16.5. The maximum atomic E-state index is 5.77. The number of ether oxygens (including phenoxy) is 1. The third-order valence-corrected chi connectivity index (χ3v) is 4.53. The molecule has 2 atom stereocenters. The first-order valence-electron chi connectivity index (χ1n) is 6.92. The average molecular weight is 226 g/mol. The number of hydrogen-bond acceptors (Lipinski definition) is 3. The van der Waals surface area contributed by atoms with Gasteiger partial charge in [-0.15, -0.1) is 0 Å². The molecule has 3 N–H and O–H groups in total. The lowest BCUT2D eigenvalue weighted by atomic mass is 9.76. The molecule has 1 aliphatic heterocycles. The van der Waals surface area contributed by atoms with Crippen LogP contribution in [0.2, 0.25) is 0 Å². The van der Waals surface area contributed by atoms with E-state index in [0.29, 0.717) is 12.1 Å². The van der Waals surface area contributed by atoms with Crippen LogP contribution < -0.4 is 11.3 Å². The van der Waals surface area contributed by atoms with E-state index in [2.05, 4.69) is 12.3 Å². The molecule has 0 bridgehead atoms. The third kappa shape index (κ3) is 2.76. The Labute approximate surface area is 99.1 Å². The van der Waals surface area contributed by atoms with Crippen LogP contribution in [0.25, 0.3) is 0 Å². The van der Waals surface area contributed by atoms with Gasteiger partial charge in [-0.2, -0.15) is 0 Å². The zero-order valence-corrected chi connectivity index (χ0v) is 10.5. The summed E-state index contributed by atoms with van der Waals surface area (Å²) in [5, 5.41) is 0. The molecule has 2 unspecified atom stereocenters. The van der Waals surface area contributed by atoms with Gasteiger partial charge in [0.05, 0.1) is 12.1 Å². The van der Waals surface area contributed by atoms with E-state index in [4.69, 9.17) is 10.6 Å². The molecule has 0 aromatic heterocycles. The predicted molar refractivity (Wildman–Crippen MR) is 65.8 cm³/mol. The smallest absolute Gasteiger partial charge is 0.0745 e. The molecule has 0 spiro atoms. The van der Waals surface area contributed by atoms with Crippen molar-refractivity contribution in [2.75, 3.05) is 6.61 Å². The Kier molecular flexibility index (Phi) is 4.62. The van der Waals surface area contributed by atoms with E-state index in [1.54, 1.807) is 0 Å². The van der Waals surface area contributed by atoms with Crippen LogP contribution in [-0.2, 0) is 4.74 Å². The SMILES string of the molecule is CCC1CCC(C(NN)C2CCCO2)CC1. The van der Waals surface area contributed by atoms with Crippen LogP contribution in [0.15, 0.2) is 0 Å². The van der Waals surface area contributed by atoms with Gasteiger partial charge in [0.2, 0.25) is 0 Å². The first-order valence-corrected chi connectivity index (χ1v) is 6.92. The quantitative estimate of drug-likeness (QED) is 0.571. The summed E-state index contributed by atoms with van der Waals surface area (Å²) in [6.45, 7) is 3.23. The fraction of sp³-hybridized carbons (Fsp3) is 1.00. The summed E-state index contributed by atoms with van der Waals surface area (Å²) >= 11 is 0. The maximum Gasteiger partial charge on any atom is 0.0745 e. The molecule has 0 radical (unpaired) electrons. The zero-order valence-electron chi connectivity index (χ0n) is 10.5. The van der Waals surface area contributed by atoms with E-state index < -0.39 is 0 Å². The highest BCUT2D eigenvalue weighted by Crippen LogP contribution is 2.35. The molecule has 16 heavy (non-hydrogen) atoms. The van der Waals surface area contributed by atoms with Gasteiger partial charge in [0, 0.05) is 6.61 Å². The molecule has 2 aliphatic rings. The van der Waals surface area contributed by atoms with E-state index >= 15 is 0 Å². The number of nitrogens with one attached hydrogen (secondary N) is 1. The van der Waals surface area contributed by atoms with Crippen molar-refractivity contribution < 1.29 is 4.74 Å². The van der Waals surface area contributed by atoms with Gasteiger partial charge in [-0.1, -0.05) is 26.2 Å². The molecule has 0 amide bonds. The third-order valence-electron chi connectivity index (χ3n) is 4.53. The van der Waals surface area contributed by atoms with Gasteiger partial charge >= 0.3 is 0 Å². The number of rotatable bonds is 4. The van der Waals surface area contributed by atoms with E-state index in [1.165, 1.54) is 44.9 Å². The van der Waals surface area contributed by atoms with Crippen molar-refractivity contribution in [3.63, 3.8) is 0 Å². The fourth-order valence-corrected chi connectivity index (χ4v) is 3.39. The minimum Gasteiger partial charge on any atom is -0.377 e. The molecule has 3 nitrogen and oxygen atoms in total. The van der Waals surface area contributed by atoms with Crippen molar-refractivity contribution in [1.29, 1.82) is 0 Å². The summed E-state index contributed by atoms with van der Waals surface area (Å²) in [5.41, 5.74) is 3.02. The van der Waals surface area contributed by atoms with Crippen LogP contribution in [0.5, 0.6) is 0 Å². The molecule has 2 rings (SSSR count). The van der Waals surface area contributed by atoms with Gasteiger partial charge in [0.25, 0.3) is 0 Å². The predicted octanol–water partition coefficient (Wildman–Crippen LogP) is 2.21. The largest absolute Gasteiger partial charge is 0.377 e. The Balaban J connectivity index is 1.85. The molecule has 1 saturated carbocycles. The molecule has 3 heteroatoms. The van der Waals surface area contributed by atoms with Crippen molar-refractivity contribution in [2.24, 2.45) is 17.7 Å². The molecule has 1 heterocycles. The maximum absolute atomic E-state index is 5.77. The van der Waals surface area contributed by atoms with Crippen LogP contribution in [0, 0.1) is 11.8 Å². The lowest BCUT2D eigenvalue weighted by molar-refractivity contribution is 0.0453. The van der Waals surface area contributed by atoms with Crippen molar-refractivity contribution >= 4 is 0 Å². The second-order valence-corrected chi connectivity index (χ2v) is 5.43. The normalized spacial score (nSPS) is 37.5. The molecule has 1 aliphatic carbocycles. The summed E-state index contributed by atoms with van der Waals surface area (Å²) in [4.78, 5) is 0. The van der Waals surface area contributed by atoms with Crippen molar-refractivity contribution in [3.05, 3.63) is 0 Å². The molecule has 2 fully saturated rings. The second-order valence-electron chi connectivity index (χ2n) is 5.43. The van der Waals surface area contributed by atoms with Crippen LogP contribution in [0.3, 0.4) is 0 Å². The molecule has 0 aromatic carbocycles. The van der Waals surface area contributed by atoms with Crippen LogP contribution in [0.4, 0.5) is 0 Å². The molecular formula is C13H26N2O. The summed E-state index contributed by atoms with van der Waals surface area (Å²) < 4.78 is 5.77. The van der Waals surface area contributed by atoms with Crippen LogP contribution in [-0.4, -0.2) is 18.8 Å². The van der Waals surface area contributed by atoms with Crippen molar-refractivity contribution in [2.45, 2.75) is 64.0 Å². The first kappa shape index (κ1) is 12.3. The monoisotopic (exact) mass is 226 g/mol. The first-order chi connectivity index (χ1) is 7.85. The van der Waals surface area contributed by atoms with Gasteiger partial charge in [-0.3, -0.25) is 11.3 Å². The number of nitrogens with two attached hydrogens (primary N) is 1. The molecular weight excluding hydrogens is 200 g/mol. The summed E-state index contributed by atoms with van der Waals surface area (Å²) in [5.74, 6) is 7.41. The van der Waals surface area contributed by atoms with E-state index in [1.807, 2.05) is 0 Å². The highest BCUT2D eigenvalue weighted by molar-refractivity contribution is 4.87. The summed E-state index contributed by atoms with van der Waals surface area (Å²) in [7, 11) is 0. The van der Waals surface area contributed by atoms with Gasteiger partial charge in [0.1, 0.15) is 0 Å². The standard InChI is InChI=1S/C13H26N2O/c1-2-10-5-7-11(8-6-10)13(15-14)12-4-3-9-16-12/h10-13,15H,2-9,14H2,1H3. The molecule has 94 valence electrons. The van der Waals surface area contributed by atoms with Gasteiger partial charge < -0.3 is 4.74 Å². The summed E-state index contributed by atoms with van der Waals surface area (Å²) in [6.07, 6.45) is 9.51. The topological polar surface area (TPSA) is 47.3 Å². The second kappa shape index (κ2) is 5.99. The average Bonchev–Trinajstić information content (AvgIpc) is 2.85. The minimum absolute atomic E-state index is 0.369. The zero-order chi connectivity index (χ0) is 11.4. The minimum atomic E-state index is 0.369. The van der Waals surface area contributed by atoms with Gasteiger partial charge in [0.15, 0.2) is 0 Å². The Hall–Kier alpha value is -0.120. The highest BCUT2D eigenvalue weighted by Gasteiger charge is 2.33.